The smallest absolute Gasteiger partial charge is 0.258 e. The number of nitro groups is 1. The molecule has 0 amide bonds. The maximum atomic E-state index is 13.4. The highest BCUT2D eigenvalue weighted by Crippen LogP contribution is 2.26. The minimum Gasteiger partial charge on any atom is -0.258 e. The van der Waals surface area contributed by atoms with Crippen LogP contribution in [0.1, 0.15) is 13.3 Å². The monoisotopic (exact) mass is 369 g/mol. The molecule has 0 atom stereocenters. The zero-order chi connectivity index (χ0) is 17.7. The zero-order valence-corrected chi connectivity index (χ0v) is 13.8. The summed E-state index contributed by atoms with van der Waals surface area (Å²) in [5.74, 6) is -1.36. The maximum Gasteiger partial charge on any atom is 0.324 e. The lowest BCUT2D eigenvalue weighted by molar-refractivity contribution is -0.390. The van der Waals surface area contributed by atoms with Crippen LogP contribution >= 0.6 is 0 Å². The molecular weight excluding hydrogens is 353 g/mol. The average Bonchev–Trinajstić information content (AvgIpc) is 2.46. The second kappa shape index (κ2) is 7.77. The van der Waals surface area contributed by atoms with E-state index in [0.29, 0.717) is 0 Å². The van der Waals surface area contributed by atoms with Gasteiger partial charge >= 0.3 is 5.69 Å². The first-order valence-electron chi connectivity index (χ1n) is 6.50. The topological polar surface area (TPSA) is 135 Å². The lowest BCUT2D eigenvalue weighted by Gasteiger charge is -2.08. The van der Waals surface area contributed by atoms with Crippen LogP contribution in [-0.4, -0.2) is 40.6 Å². The summed E-state index contributed by atoms with van der Waals surface area (Å²) in [6.45, 7) is 1.29. The van der Waals surface area contributed by atoms with Crippen LogP contribution in [-0.2, 0) is 20.0 Å². The van der Waals surface area contributed by atoms with Gasteiger partial charge in [0.1, 0.15) is 0 Å². The van der Waals surface area contributed by atoms with E-state index in [0.717, 1.165) is 18.2 Å². The van der Waals surface area contributed by atoms with E-state index >= 15 is 0 Å². The van der Waals surface area contributed by atoms with Crippen LogP contribution in [0.2, 0.25) is 0 Å². The summed E-state index contributed by atoms with van der Waals surface area (Å²) in [5.41, 5.74) is -1.13. The third-order valence-electron chi connectivity index (χ3n) is 2.77. The molecule has 0 bridgehead atoms. The van der Waals surface area contributed by atoms with Crippen molar-refractivity contribution < 1.29 is 26.1 Å². The normalized spacial score (nSPS) is 12.3. The number of halogens is 1. The van der Waals surface area contributed by atoms with Gasteiger partial charge in [-0.2, -0.15) is 4.39 Å². The van der Waals surface area contributed by atoms with Gasteiger partial charge in [-0.15, -0.1) is 0 Å². The highest BCUT2D eigenvalue weighted by atomic mass is 32.2. The molecule has 0 aliphatic carbocycles. The number of para-hydroxylation sites is 1. The molecule has 2 N–H and O–H groups in total. The standard InChI is InChI=1S/C11H16FN3O6S2/c1-2-22(18,19)13-7-4-8-14-23(20,21)10-6-3-5-9(12)11(10)15(16)17/h3,5-6,13-14H,2,4,7-8H2,1H3. The van der Waals surface area contributed by atoms with E-state index in [1.54, 1.807) is 0 Å². The first-order valence-corrected chi connectivity index (χ1v) is 9.64. The highest BCUT2D eigenvalue weighted by molar-refractivity contribution is 7.89. The molecule has 0 saturated heterocycles. The Morgan fingerprint density at radius 1 is 1.17 bits per heavy atom. The molecule has 0 spiro atoms. The summed E-state index contributed by atoms with van der Waals surface area (Å²) < 4.78 is 64.1. The number of hydrogen-bond donors (Lipinski definition) is 2. The predicted molar refractivity (Wildman–Crippen MR) is 80.3 cm³/mol. The number of sulfonamides is 2. The van der Waals surface area contributed by atoms with Crippen molar-refractivity contribution in [1.29, 1.82) is 0 Å². The van der Waals surface area contributed by atoms with Gasteiger partial charge in [0.15, 0.2) is 4.90 Å². The maximum absolute atomic E-state index is 13.4. The number of nitrogens with one attached hydrogen (secondary N) is 2. The molecule has 1 aromatic carbocycles. The SMILES string of the molecule is CCS(=O)(=O)NCCCNS(=O)(=O)c1cccc(F)c1[N+](=O)[O-]. The van der Waals surface area contributed by atoms with E-state index in [9.17, 15) is 31.3 Å². The van der Waals surface area contributed by atoms with E-state index in [4.69, 9.17) is 0 Å². The molecule has 1 rings (SSSR count). The largest absolute Gasteiger partial charge is 0.324 e. The number of rotatable bonds is 9. The minimum absolute atomic E-state index is 0.00391. The third kappa shape index (κ3) is 5.49. The number of benzene rings is 1. The second-order valence-corrected chi connectivity index (χ2v) is 8.22. The van der Waals surface area contributed by atoms with Crippen LogP contribution in [0.3, 0.4) is 0 Å². The lowest BCUT2D eigenvalue weighted by Crippen LogP contribution is -2.31. The van der Waals surface area contributed by atoms with Crippen molar-refractivity contribution >= 4 is 25.7 Å². The van der Waals surface area contributed by atoms with Crippen LogP contribution in [0.5, 0.6) is 0 Å². The van der Waals surface area contributed by atoms with Gasteiger partial charge in [0.25, 0.3) is 0 Å². The van der Waals surface area contributed by atoms with Crippen LogP contribution in [0.25, 0.3) is 0 Å². The van der Waals surface area contributed by atoms with E-state index in [1.807, 2.05) is 0 Å². The van der Waals surface area contributed by atoms with Crippen molar-refractivity contribution in [2.45, 2.75) is 18.2 Å². The van der Waals surface area contributed by atoms with Gasteiger partial charge in [0.2, 0.25) is 25.9 Å². The average molecular weight is 369 g/mol. The van der Waals surface area contributed by atoms with Gasteiger partial charge in [-0.1, -0.05) is 6.07 Å². The predicted octanol–water partition coefficient (Wildman–Crippen LogP) is 0.342. The minimum atomic E-state index is -4.29. The van der Waals surface area contributed by atoms with Gasteiger partial charge < -0.3 is 0 Å². The van der Waals surface area contributed by atoms with Gasteiger partial charge in [-0.25, -0.2) is 26.3 Å². The molecule has 9 nitrogen and oxygen atoms in total. The molecule has 0 aliphatic heterocycles. The van der Waals surface area contributed by atoms with Crippen molar-refractivity contribution in [3.8, 4) is 0 Å². The second-order valence-electron chi connectivity index (χ2n) is 4.39. The molecule has 12 heteroatoms. The molecule has 0 aromatic heterocycles. The van der Waals surface area contributed by atoms with E-state index in [-0.39, 0.29) is 25.3 Å². The van der Waals surface area contributed by atoms with Crippen LogP contribution in [0.4, 0.5) is 10.1 Å². The summed E-state index contributed by atoms with van der Waals surface area (Å²) in [4.78, 5) is 8.91. The Hall–Kier alpha value is -1.63. The fraction of sp³-hybridized carbons (Fsp3) is 0.455. The van der Waals surface area contributed by atoms with Crippen LogP contribution < -0.4 is 9.44 Å². The Kier molecular flexibility index (Phi) is 6.56. The van der Waals surface area contributed by atoms with Crippen molar-refractivity contribution in [2.75, 3.05) is 18.8 Å². The lowest BCUT2D eigenvalue weighted by atomic mass is 10.3. The van der Waals surface area contributed by atoms with Crippen molar-refractivity contribution in [3.63, 3.8) is 0 Å². The van der Waals surface area contributed by atoms with Gasteiger partial charge in [0.05, 0.1) is 10.7 Å². The summed E-state index contributed by atoms with van der Waals surface area (Å²) >= 11 is 0. The summed E-state index contributed by atoms with van der Waals surface area (Å²) in [6.07, 6.45) is 0.127. The molecule has 0 radical (unpaired) electrons. The zero-order valence-electron chi connectivity index (χ0n) is 12.2. The number of nitrogens with zero attached hydrogens (tertiary/aromatic N) is 1. The Morgan fingerprint density at radius 2 is 1.78 bits per heavy atom. The Labute approximate surface area is 133 Å². The molecule has 0 saturated carbocycles. The molecule has 1 aromatic rings. The Bertz CT molecular complexity index is 779. The molecule has 23 heavy (non-hydrogen) atoms. The van der Waals surface area contributed by atoms with E-state index in [1.165, 1.54) is 6.92 Å². The van der Waals surface area contributed by atoms with Crippen molar-refractivity contribution in [1.82, 2.24) is 9.44 Å². The first kappa shape index (κ1) is 19.4. The summed E-state index contributed by atoms with van der Waals surface area (Å²) in [7, 11) is -7.67. The number of hydrogen-bond acceptors (Lipinski definition) is 6. The Balaban J connectivity index is 2.75. The van der Waals surface area contributed by atoms with Crippen molar-refractivity contribution in [2.24, 2.45) is 0 Å². The third-order valence-corrected chi connectivity index (χ3v) is 5.67. The molecule has 0 unspecified atom stereocenters. The van der Waals surface area contributed by atoms with Gasteiger partial charge in [-0.3, -0.25) is 10.1 Å². The summed E-state index contributed by atoms with van der Waals surface area (Å²) in [5, 5.41) is 10.8. The highest BCUT2D eigenvalue weighted by Gasteiger charge is 2.28. The fourth-order valence-electron chi connectivity index (χ4n) is 1.59. The van der Waals surface area contributed by atoms with E-state index < -0.39 is 41.4 Å². The molecule has 0 fully saturated rings. The van der Waals surface area contributed by atoms with E-state index in [2.05, 4.69) is 9.44 Å². The van der Waals surface area contributed by atoms with Crippen LogP contribution in [0, 0.1) is 15.9 Å². The van der Waals surface area contributed by atoms with Gasteiger partial charge in [-0.05, 0) is 25.5 Å². The fourth-order valence-corrected chi connectivity index (χ4v) is 3.50. The van der Waals surface area contributed by atoms with Crippen LogP contribution in [0.15, 0.2) is 23.1 Å². The molecule has 130 valence electrons. The quantitative estimate of drug-likeness (QED) is 0.366. The first-order chi connectivity index (χ1) is 10.6. The molecular formula is C11H16FN3O6S2. The number of nitro benzene ring substituents is 1. The summed E-state index contributed by atoms with van der Waals surface area (Å²) in [6, 6.07) is 2.76. The van der Waals surface area contributed by atoms with Gasteiger partial charge in [0, 0.05) is 13.1 Å². The molecule has 0 aliphatic rings. The van der Waals surface area contributed by atoms with Crippen molar-refractivity contribution in [3.05, 3.63) is 34.1 Å². The Morgan fingerprint density at radius 3 is 2.35 bits per heavy atom. The molecule has 0 heterocycles.